The highest BCUT2D eigenvalue weighted by Crippen LogP contribution is 2.40. The molecule has 172 valence electrons. The van der Waals surface area contributed by atoms with Gasteiger partial charge in [-0.2, -0.15) is 0 Å². The molecule has 2 saturated heterocycles. The zero-order valence-electron chi connectivity index (χ0n) is 18.8. The van der Waals surface area contributed by atoms with E-state index in [1.807, 2.05) is 19.1 Å². The fraction of sp³-hybridized carbons (Fsp3) is 0.400. The Hall–Kier alpha value is -3.26. The summed E-state index contributed by atoms with van der Waals surface area (Å²) in [6, 6.07) is 8.58. The van der Waals surface area contributed by atoms with Crippen molar-refractivity contribution in [2.75, 3.05) is 36.4 Å². The smallest absolute Gasteiger partial charge is 0.291 e. The summed E-state index contributed by atoms with van der Waals surface area (Å²) in [5.41, 5.74) is 3.66. The Morgan fingerprint density at radius 2 is 2.06 bits per heavy atom. The number of benzene rings is 1. The average molecular weight is 449 g/mol. The maximum atomic E-state index is 14.9. The molecule has 2 aromatic heterocycles. The van der Waals surface area contributed by atoms with Crippen LogP contribution in [-0.4, -0.2) is 47.0 Å². The fourth-order valence-electron chi connectivity index (χ4n) is 5.07. The van der Waals surface area contributed by atoms with Crippen LogP contribution < -0.4 is 15.5 Å². The van der Waals surface area contributed by atoms with Crippen LogP contribution in [0.2, 0.25) is 0 Å². The van der Waals surface area contributed by atoms with Crippen LogP contribution >= 0.6 is 0 Å². The van der Waals surface area contributed by atoms with Gasteiger partial charge in [0.05, 0.1) is 17.1 Å². The van der Waals surface area contributed by atoms with Gasteiger partial charge in [-0.1, -0.05) is 6.07 Å². The Morgan fingerprint density at radius 3 is 2.82 bits per heavy atom. The summed E-state index contributed by atoms with van der Waals surface area (Å²) in [6.45, 7) is 5.59. The number of hydrogen-bond donors (Lipinski definition) is 3. The Bertz CT molecular complexity index is 1140. The van der Waals surface area contributed by atoms with Crippen molar-refractivity contribution in [1.29, 1.82) is 0 Å². The summed E-state index contributed by atoms with van der Waals surface area (Å²) >= 11 is 0. The first kappa shape index (κ1) is 21.6. The van der Waals surface area contributed by atoms with Gasteiger partial charge in [-0.3, -0.25) is 9.78 Å². The van der Waals surface area contributed by atoms with Gasteiger partial charge in [-0.15, -0.1) is 0 Å². The number of aromatic amines is 1. The van der Waals surface area contributed by atoms with E-state index in [0.717, 1.165) is 50.3 Å². The predicted octanol–water partition coefficient (Wildman–Crippen LogP) is 4.14. The maximum Gasteiger partial charge on any atom is 0.291 e. The van der Waals surface area contributed by atoms with E-state index in [4.69, 9.17) is 0 Å². The lowest BCUT2D eigenvalue weighted by Gasteiger charge is -2.45. The van der Waals surface area contributed by atoms with E-state index in [1.54, 1.807) is 24.5 Å². The van der Waals surface area contributed by atoms with Crippen molar-refractivity contribution >= 4 is 17.3 Å². The number of anilines is 2. The number of H-pyrrole nitrogens is 1. The first-order chi connectivity index (χ1) is 16.0. The molecule has 2 fully saturated rings. The molecule has 0 saturated carbocycles. The maximum absolute atomic E-state index is 14.9. The quantitative estimate of drug-likeness (QED) is 0.559. The second kappa shape index (κ2) is 8.94. The van der Waals surface area contributed by atoms with Crippen LogP contribution in [0.25, 0.3) is 11.3 Å². The first-order valence-corrected chi connectivity index (χ1v) is 11.6. The third kappa shape index (κ3) is 4.48. The Kier molecular flexibility index (Phi) is 5.85. The number of para-hydroxylation sites is 1. The van der Waals surface area contributed by atoms with E-state index in [-0.39, 0.29) is 11.6 Å². The van der Waals surface area contributed by atoms with Crippen molar-refractivity contribution in [3.05, 3.63) is 60.1 Å². The first-order valence-electron chi connectivity index (χ1n) is 11.6. The third-order valence-electron chi connectivity index (χ3n) is 6.92. The van der Waals surface area contributed by atoms with Gasteiger partial charge in [0.25, 0.3) is 5.91 Å². The largest absolute Gasteiger partial charge is 0.367 e. The summed E-state index contributed by atoms with van der Waals surface area (Å²) in [5.74, 6) is -0.540. The number of nitrogens with one attached hydrogen (secondary N) is 3. The van der Waals surface area contributed by atoms with Crippen molar-refractivity contribution in [2.45, 2.75) is 32.6 Å². The Labute approximate surface area is 192 Å². The highest BCUT2D eigenvalue weighted by atomic mass is 19.1. The Balaban J connectivity index is 1.33. The molecular weight excluding hydrogens is 419 g/mol. The monoisotopic (exact) mass is 448 g/mol. The summed E-state index contributed by atoms with van der Waals surface area (Å²) in [6.07, 6.45) is 7.88. The van der Waals surface area contributed by atoms with Crippen LogP contribution in [0.3, 0.4) is 0 Å². The summed E-state index contributed by atoms with van der Waals surface area (Å²) in [5, 5.41) is 6.39. The van der Waals surface area contributed by atoms with Gasteiger partial charge in [-0.25, -0.2) is 9.37 Å². The zero-order chi connectivity index (χ0) is 22.8. The van der Waals surface area contributed by atoms with Gasteiger partial charge in [0, 0.05) is 43.3 Å². The van der Waals surface area contributed by atoms with Gasteiger partial charge in [-0.05, 0) is 68.8 Å². The normalized spacial score (nSPS) is 17.8. The number of aromatic nitrogens is 3. The highest BCUT2D eigenvalue weighted by Gasteiger charge is 2.36. The van der Waals surface area contributed by atoms with Crippen molar-refractivity contribution in [3.63, 3.8) is 0 Å². The van der Waals surface area contributed by atoms with Gasteiger partial charge >= 0.3 is 0 Å². The molecule has 0 aliphatic carbocycles. The number of nitrogens with zero attached hydrogens (tertiary/aromatic N) is 3. The van der Waals surface area contributed by atoms with E-state index < -0.39 is 5.91 Å². The Morgan fingerprint density at radius 1 is 1.21 bits per heavy atom. The number of carbonyl (C=O) groups excluding carboxylic acids is 1. The molecular formula is C25H29FN6O. The van der Waals surface area contributed by atoms with Crippen molar-refractivity contribution in [1.82, 2.24) is 20.3 Å². The summed E-state index contributed by atoms with van der Waals surface area (Å²) < 4.78 is 14.9. The van der Waals surface area contributed by atoms with Crippen molar-refractivity contribution in [2.24, 2.45) is 5.41 Å². The van der Waals surface area contributed by atoms with Gasteiger partial charge < -0.3 is 20.5 Å². The van der Waals surface area contributed by atoms with Gasteiger partial charge in [0.2, 0.25) is 0 Å². The number of hydrogen-bond acceptors (Lipinski definition) is 5. The molecule has 1 amide bonds. The molecule has 1 spiro atoms. The number of amides is 1. The zero-order valence-corrected chi connectivity index (χ0v) is 18.8. The molecule has 7 nitrogen and oxygen atoms in total. The molecule has 0 radical (unpaired) electrons. The van der Waals surface area contributed by atoms with Crippen LogP contribution in [0.15, 0.2) is 42.7 Å². The number of imidazole rings is 1. The molecule has 8 heteroatoms. The molecule has 3 aromatic rings. The number of carbonyl (C=O) groups is 1. The van der Waals surface area contributed by atoms with E-state index in [1.165, 1.54) is 18.9 Å². The van der Waals surface area contributed by atoms with E-state index in [2.05, 4.69) is 30.5 Å². The average Bonchev–Trinajstić information content (AvgIpc) is 3.32. The minimum atomic E-state index is -0.399. The third-order valence-corrected chi connectivity index (χ3v) is 6.92. The molecule has 5 rings (SSSR count). The predicted molar refractivity (Wildman–Crippen MR) is 127 cm³/mol. The molecule has 0 bridgehead atoms. The number of pyridine rings is 1. The second-order valence-electron chi connectivity index (χ2n) is 9.18. The number of halogens is 1. The van der Waals surface area contributed by atoms with E-state index in [9.17, 15) is 9.18 Å². The van der Waals surface area contributed by atoms with Crippen LogP contribution in [0.5, 0.6) is 0 Å². The van der Waals surface area contributed by atoms with Crippen LogP contribution in [0, 0.1) is 18.2 Å². The molecule has 0 atom stereocenters. The minimum absolute atomic E-state index is 0.181. The van der Waals surface area contributed by atoms with Gasteiger partial charge in [0.15, 0.2) is 5.82 Å². The summed E-state index contributed by atoms with van der Waals surface area (Å²) in [7, 11) is 0. The van der Waals surface area contributed by atoms with Crippen LogP contribution in [-0.2, 0) is 0 Å². The lowest BCUT2D eigenvalue weighted by molar-refractivity contribution is 0.101. The fourth-order valence-corrected chi connectivity index (χ4v) is 5.07. The number of rotatable bonds is 4. The molecule has 4 heterocycles. The van der Waals surface area contributed by atoms with Crippen LogP contribution in [0.4, 0.5) is 15.8 Å². The number of piperidine rings is 2. The lowest BCUT2D eigenvalue weighted by Crippen LogP contribution is -2.48. The SMILES string of the molecule is Cc1cc(-c2c[nH]c(C(=O)Nc3cccc(F)c3N3CCC4(CCCNC4)CC3)n2)ccn1. The van der Waals surface area contributed by atoms with E-state index in [0.29, 0.717) is 22.5 Å². The van der Waals surface area contributed by atoms with Crippen molar-refractivity contribution in [3.8, 4) is 11.3 Å². The number of aryl methyl sites for hydroxylation is 1. The van der Waals surface area contributed by atoms with Gasteiger partial charge in [0.1, 0.15) is 5.82 Å². The molecule has 3 N–H and O–H groups in total. The molecule has 1 aromatic carbocycles. The minimum Gasteiger partial charge on any atom is -0.367 e. The van der Waals surface area contributed by atoms with Crippen LogP contribution in [0.1, 0.15) is 42.0 Å². The molecule has 0 unspecified atom stereocenters. The van der Waals surface area contributed by atoms with Crippen molar-refractivity contribution < 1.29 is 9.18 Å². The molecule has 33 heavy (non-hydrogen) atoms. The summed E-state index contributed by atoms with van der Waals surface area (Å²) in [4.78, 5) is 26.6. The standard InChI is InChI=1S/C25H29FN6O/c1-17-14-18(6-11-28-17)21-15-29-23(30-21)24(33)31-20-5-2-4-19(26)22(20)32-12-8-25(9-13-32)7-3-10-27-16-25/h2,4-6,11,14-15,27H,3,7-10,12-13,16H2,1H3,(H,29,30)(H,31,33). The molecule has 2 aliphatic rings. The second-order valence-corrected chi connectivity index (χ2v) is 9.18. The topological polar surface area (TPSA) is 85.9 Å². The highest BCUT2D eigenvalue weighted by molar-refractivity contribution is 6.04. The lowest BCUT2D eigenvalue weighted by atomic mass is 9.73. The van der Waals surface area contributed by atoms with E-state index >= 15 is 0 Å². The molecule has 2 aliphatic heterocycles.